The van der Waals surface area contributed by atoms with Gasteiger partial charge in [-0.15, -0.1) is 0 Å². The number of hydrogen-bond donors (Lipinski definition) is 2. The molecule has 0 aromatic carbocycles. The molecule has 0 bridgehead atoms. The summed E-state index contributed by atoms with van der Waals surface area (Å²) < 4.78 is 15.6. The first kappa shape index (κ1) is 18.1. The molecular weight excluding hydrogens is 248 g/mol. The van der Waals surface area contributed by atoms with E-state index in [1.165, 1.54) is 7.11 Å². The Morgan fingerprint density at radius 2 is 1.95 bits per heavy atom. The van der Waals surface area contributed by atoms with Crippen LogP contribution in [0.2, 0.25) is 0 Å². The molecule has 6 heteroatoms. The summed E-state index contributed by atoms with van der Waals surface area (Å²) in [5.41, 5.74) is 5.47. The van der Waals surface area contributed by atoms with E-state index in [2.05, 4.69) is 30.8 Å². The van der Waals surface area contributed by atoms with Crippen molar-refractivity contribution < 1.29 is 19.0 Å². The van der Waals surface area contributed by atoms with Crippen LogP contribution < -0.4 is 11.1 Å². The number of alkyl carbamates (subject to hydrolysis) is 1. The molecule has 0 saturated carbocycles. The van der Waals surface area contributed by atoms with Gasteiger partial charge in [0, 0.05) is 12.0 Å². The summed E-state index contributed by atoms with van der Waals surface area (Å²) >= 11 is 0. The van der Waals surface area contributed by atoms with Gasteiger partial charge in [0.1, 0.15) is 0 Å². The molecule has 0 saturated heterocycles. The van der Waals surface area contributed by atoms with Crippen molar-refractivity contribution in [2.75, 3.05) is 46.6 Å². The summed E-state index contributed by atoms with van der Waals surface area (Å²) in [6.45, 7) is 9.61. The number of amides is 1. The molecule has 19 heavy (non-hydrogen) atoms. The third kappa shape index (κ3) is 10.7. The highest BCUT2D eigenvalue weighted by atomic mass is 16.5. The van der Waals surface area contributed by atoms with E-state index in [1.807, 2.05) is 0 Å². The zero-order valence-electron chi connectivity index (χ0n) is 12.5. The van der Waals surface area contributed by atoms with Gasteiger partial charge in [-0.2, -0.15) is 0 Å². The predicted octanol–water partition coefficient (Wildman–Crippen LogP) is 0.997. The third-order valence-corrected chi connectivity index (χ3v) is 2.49. The van der Waals surface area contributed by atoms with Gasteiger partial charge in [-0.1, -0.05) is 20.8 Å². The van der Waals surface area contributed by atoms with Crippen molar-refractivity contribution in [1.82, 2.24) is 5.32 Å². The van der Waals surface area contributed by atoms with Gasteiger partial charge in [-0.25, -0.2) is 4.79 Å². The molecule has 3 N–H and O–H groups in total. The summed E-state index contributed by atoms with van der Waals surface area (Å²) in [6.07, 6.45) is -0.443. The quantitative estimate of drug-likeness (QED) is 0.582. The summed E-state index contributed by atoms with van der Waals surface area (Å²) in [4.78, 5) is 10.8. The van der Waals surface area contributed by atoms with E-state index in [4.69, 9.17) is 15.2 Å². The van der Waals surface area contributed by atoms with Crippen molar-refractivity contribution in [2.24, 2.45) is 17.1 Å². The Bertz CT molecular complexity index is 247. The van der Waals surface area contributed by atoms with E-state index in [0.29, 0.717) is 45.4 Å². The lowest BCUT2D eigenvalue weighted by atomic mass is 9.96. The van der Waals surface area contributed by atoms with Gasteiger partial charge in [-0.05, 0) is 12.5 Å². The van der Waals surface area contributed by atoms with Gasteiger partial charge in [0.2, 0.25) is 0 Å². The largest absolute Gasteiger partial charge is 0.453 e. The van der Waals surface area contributed by atoms with E-state index in [-0.39, 0.29) is 5.41 Å². The molecule has 0 aliphatic rings. The standard InChI is InChI=1S/C13H28N2O4/c1-11(7-14)8-19-10-13(2,3)9-18-6-5-15-12(16)17-4/h11H,5-10,14H2,1-4H3,(H,15,16). The Morgan fingerprint density at radius 3 is 2.53 bits per heavy atom. The third-order valence-electron chi connectivity index (χ3n) is 2.49. The summed E-state index contributed by atoms with van der Waals surface area (Å²) in [5.74, 6) is 0.376. The molecule has 0 spiro atoms. The minimum Gasteiger partial charge on any atom is -0.453 e. The number of nitrogens with one attached hydrogen (secondary N) is 1. The topological polar surface area (TPSA) is 82.8 Å². The van der Waals surface area contributed by atoms with Crippen molar-refractivity contribution in [1.29, 1.82) is 0 Å². The van der Waals surface area contributed by atoms with Gasteiger partial charge in [0.15, 0.2) is 0 Å². The molecule has 0 aromatic rings. The van der Waals surface area contributed by atoms with Crippen LogP contribution in [0.4, 0.5) is 4.79 Å². The van der Waals surface area contributed by atoms with E-state index in [0.717, 1.165) is 0 Å². The summed E-state index contributed by atoms with van der Waals surface area (Å²) in [7, 11) is 1.33. The molecule has 0 aromatic heterocycles. The lowest BCUT2D eigenvalue weighted by Crippen LogP contribution is -2.31. The van der Waals surface area contributed by atoms with Gasteiger partial charge >= 0.3 is 6.09 Å². The smallest absolute Gasteiger partial charge is 0.406 e. The van der Waals surface area contributed by atoms with Gasteiger partial charge in [-0.3, -0.25) is 0 Å². The second-order valence-electron chi connectivity index (χ2n) is 5.49. The number of nitrogens with two attached hydrogens (primary N) is 1. The molecule has 1 unspecified atom stereocenters. The zero-order valence-corrected chi connectivity index (χ0v) is 12.5. The Balaban J connectivity index is 3.58. The Kier molecular flexibility index (Phi) is 9.55. The highest BCUT2D eigenvalue weighted by Gasteiger charge is 2.19. The summed E-state index contributed by atoms with van der Waals surface area (Å²) in [5, 5.41) is 2.55. The fourth-order valence-electron chi connectivity index (χ4n) is 1.29. The van der Waals surface area contributed by atoms with E-state index in [1.54, 1.807) is 0 Å². The minimum absolute atomic E-state index is 0.0560. The molecule has 6 nitrogen and oxygen atoms in total. The van der Waals surface area contributed by atoms with Crippen LogP contribution in [-0.4, -0.2) is 52.7 Å². The van der Waals surface area contributed by atoms with E-state index < -0.39 is 6.09 Å². The number of carbonyl (C=O) groups is 1. The first-order valence-corrected chi connectivity index (χ1v) is 6.58. The van der Waals surface area contributed by atoms with Gasteiger partial charge < -0.3 is 25.3 Å². The maximum atomic E-state index is 10.8. The van der Waals surface area contributed by atoms with Gasteiger partial charge in [0.25, 0.3) is 0 Å². The van der Waals surface area contributed by atoms with Crippen molar-refractivity contribution in [3.8, 4) is 0 Å². The minimum atomic E-state index is -0.443. The van der Waals surface area contributed by atoms with Crippen molar-refractivity contribution in [3.63, 3.8) is 0 Å². The zero-order chi connectivity index (χ0) is 14.7. The fraction of sp³-hybridized carbons (Fsp3) is 0.923. The number of ether oxygens (including phenoxy) is 3. The fourth-order valence-corrected chi connectivity index (χ4v) is 1.29. The van der Waals surface area contributed by atoms with E-state index >= 15 is 0 Å². The molecule has 0 fully saturated rings. The SMILES string of the molecule is COC(=O)NCCOCC(C)(C)COCC(C)CN. The lowest BCUT2D eigenvalue weighted by molar-refractivity contribution is -0.00982. The second-order valence-corrected chi connectivity index (χ2v) is 5.49. The monoisotopic (exact) mass is 276 g/mol. The van der Waals surface area contributed by atoms with Crippen LogP contribution in [0.25, 0.3) is 0 Å². The van der Waals surface area contributed by atoms with Crippen LogP contribution in [0.3, 0.4) is 0 Å². The average Bonchev–Trinajstić information content (AvgIpc) is 2.37. The van der Waals surface area contributed by atoms with Gasteiger partial charge in [0.05, 0.1) is 33.5 Å². The highest BCUT2D eigenvalue weighted by molar-refractivity contribution is 5.66. The second kappa shape index (κ2) is 10.00. The molecule has 1 atom stereocenters. The molecule has 0 aliphatic carbocycles. The maximum Gasteiger partial charge on any atom is 0.406 e. The van der Waals surface area contributed by atoms with Crippen LogP contribution in [0, 0.1) is 11.3 Å². The number of carbonyl (C=O) groups excluding carboxylic acids is 1. The predicted molar refractivity (Wildman–Crippen MR) is 74.0 cm³/mol. The Hall–Kier alpha value is -0.850. The van der Waals surface area contributed by atoms with Crippen molar-refractivity contribution in [2.45, 2.75) is 20.8 Å². The molecule has 1 amide bonds. The highest BCUT2D eigenvalue weighted by Crippen LogP contribution is 2.16. The first-order valence-electron chi connectivity index (χ1n) is 6.58. The normalized spacial score (nSPS) is 13.1. The van der Waals surface area contributed by atoms with Crippen LogP contribution in [0.1, 0.15) is 20.8 Å². The van der Waals surface area contributed by atoms with Crippen molar-refractivity contribution in [3.05, 3.63) is 0 Å². The van der Waals surface area contributed by atoms with E-state index in [9.17, 15) is 4.79 Å². The van der Waals surface area contributed by atoms with Crippen LogP contribution in [0.15, 0.2) is 0 Å². The van der Waals surface area contributed by atoms with Crippen molar-refractivity contribution >= 4 is 6.09 Å². The molecule has 0 heterocycles. The summed E-state index contributed by atoms with van der Waals surface area (Å²) in [6, 6.07) is 0. The average molecular weight is 276 g/mol. The van der Waals surface area contributed by atoms with Crippen LogP contribution in [-0.2, 0) is 14.2 Å². The number of rotatable bonds is 10. The number of methoxy groups -OCH3 is 1. The molecular formula is C13H28N2O4. The number of hydrogen-bond acceptors (Lipinski definition) is 5. The Labute approximate surface area is 116 Å². The lowest BCUT2D eigenvalue weighted by Gasteiger charge is -2.25. The van der Waals surface area contributed by atoms with Crippen LogP contribution >= 0.6 is 0 Å². The van der Waals surface area contributed by atoms with Crippen LogP contribution in [0.5, 0.6) is 0 Å². The molecule has 0 aliphatic heterocycles. The molecule has 0 rings (SSSR count). The molecule has 114 valence electrons. The Morgan fingerprint density at radius 1 is 1.32 bits per heavy atom. The first-order chi connectivity index (χ1) is 8.91. The maximum absolute atomic E-state index is 10.8. The molecule has 0 radical (unpaired) electrons.